The van der Waals surface area contributed by atoms with Crippen LogP contribution in [0.25, 0.3) is 5.70 Å². The Kier molecular flexibility index (Phi) is 2.70. The zero-order valence-corrected chi connectivity index (χ0v) is 9.55. The number of nitrogens with zero attached hydrogens (tertiary/aromatic N) is 1. The lowest BCUT2D eigenvalue weighted by Crippen LogP contribution is -2.38. The molecular formula is C12H13ClFN. The fourth-order valence-corrected chi connectivity index (χ4v) is 2.09. The van der Waals surface area contributed by atoms with E-state index in [9.17, 15) is 4.39 Å². The van der Waals surface area contributed by atoms with Gasteiger partial charge in [0, 0.05) is 6.04 Å². The van der Waals surface area contributed by atoms with Gasteiger partial charge in [-0.05, 0) is 43.7 Å². The molecule has 0 aromatic heterocycles. The number of hydrogen-bond acceptors (Lipinski definition) is 1. The average Bonchev–Trinajstić information content (AvgIpc) is 2.17. The maximum atomic E-state index is 12.8. The van der Waals surface area contributed by atoms with Crippen LogP contribution in [0.5, 0.6) is 0 Å². The third kappa shape index (κ3) is 1.86. The van der Waals surface area contributed by atoms with Gasteiger partial charge in [0.25, 0.3) is 0 Å². The van der Waals surface area contributed by atoms with E-state index in [2.05, 4.69) is 18.7 Å². The molecule has 2 rings (SSSR count). The molecule has 0 radical (unpaired) electrons. The molecule has 15 heavy (non-hydrogen) atoms. The highest BCUT2D eigenvalue weighted by Crippen LogP contribution is 2.36. The summed E-state index contributed by atoms with van der Waals surface area (Å²) >= 11 is 6.07. The van der Waals surface area contributed by atoms with E-state index in [0.717, 1.165) is 22.8 Å². The normalized spacial score (nSPS) is 15.9. The van der Waals surface area contributed by atoms with Crippen LogP contribution in [-0.4, -0.2) is 17.5 Å². The largest absolute Gasteiger partial charge is 0.362 e. The quantitative estimate of drug-likeness (QED) is 0.745. The first-order valence-corrected chi connectivity index (χ1v) is 5.38. The van der Waals surface area contributed by atoms with Gasteiger partial charge in [0.2, 0.25) is 0 Å². The van der Waals surface area contributed by atoms with Crippen LogP contribution >= 0.6 is 11.6 Å². The molecule has 1 nitrogen and oxygen atoms in total. The smallest absolute Gasteiger partial charge is 0.123 e. The zero-order valence-electron chi connectivity index (χ0n) is 8.80. The summed E-state index contributed by atoms with van der Waals surface area (Å²) in [6, 6.07) is 6.88. The topological polar surface area (TPSA) is 3.24 Å². The Labute approximate surface area is 94.2 Å². The number of hydrogen-bond donors (Lipinski definition) is 0. The lowest BCUT2D eigenvalue weighted by molar-refractivity contribution is 0.327. The van der Waals surface area contributed by atoms with Crippen molar-refractivity contribution in [1.82, 2.24) is 4.90 Å². The van der Waals surface area contributed by atoms with Crippen molar-refractivity contribution in [3.8, 4) is 0 Å². The van der Waals surface area contributed by atoms with E-state index in [1.54, 1.807) is 12.1 Å². The Morgan fingerprint density at radius 1 is 1.27 bits per heavy atom. The van der Waals surface area contributed by atoms with Crippen LogP contribution in [0.2, 0.25) is 0 Å². The van der Waals surface area contributed by atoms with E-state index in [4.69, 9.17) is 11.6 Å². The molecule has 0 unspecified atom stereocenters. The number of benzene rings is 1. The minimum atomic E-state index is -0.217. The lowest BCUT2D eigenvalue weighted by atomic mass is 10.0. The van der Waals surface area contributed by atoms with Gasteiger partial charge >= 0.3 is 0 Å². The fraction of sp³-hybridized carbons (Fsp3) is 0.333. The second-order valence-corrected chi connectivity index (χ2v) is 4.44. The molecule has 0 spiro atoms. The monoisotopic (exact) mass is 225 g/mol. The zero-order chi connectivity index (χ0) is 11.0. The Bertz CT molecular complexity index is 395. The summed E-state index contributed by atoms with van der Waals surface area (Å²) < 4.78 is 12.8. The third-order valence-corrected chi connectivity index (χ3v) is 2.89. The maximum absolute atomic E-state index is 12.8. The van der Waals surface area contributed by atoms with Gasteiger partial charge in [0.05, 0.1) is 17.3 Å². The van der Waals surface area contributed by atoms with Crippen LogP contribution < -0.4 is 0 Å². The van der Waals surface area contributed by atoms with Crippen molar-refractivity contribution in [2.75, 3.05) is 6.54 Å². The summed E-state index contributed by atoms with van der Waals surface area (Å²) in [5.74, 6) is -0.217. The molecule has 80 valence electrons. The van der Waals surface area contributed by atoms with Crippen LogP contribution in [0.15, 0.2) is 29.3 Å². The summed E-state index contributed by atoms with van der Waals surface area (Å²) in [5, 5.41) is 0.857. The molecule has 0 atom stereocenters. The van der Waals surface area contributed by atoms with Crippen molar-refractivity contribution >= 4 is 17.3 Å². The predicted molar refractivity (Wildman–Crippen MR) is 61.0 cm³/mol. The molecule has 0 aliphatic carbocycles. The van der Waals surface area contributed by atoms with Gasteiger partial charge in [-0.2, -0.15) is 0 Å². The molecule has 1 aromatic carbocycles. The van der Waals surface area contributed by atoms with Crippen molar-refractivity contribution in [3.05, 3.63) is 40.7 Å². The van der Waals surface area contributed by atoms with E-state index in [1.807, 2.05) is 0 Å². The summed E-state index contributed by atoms with van der Waals surface area (Å²) in [6.45, 7) is 5.03. The summed E-state index contributed by atoms with van der Waals surface area (Å²) in [5.41, 5.74) is 2.02. The van der Waals surface area contributed by atoms with Crippen molar-refractivity contribution in [1.29, 1.82) is 0 Å². The summed E-state index contributed by atoms with van der Waals surface area (Å²) in [7, 11) is 0. The van der Waals surface area contributed by atoms with Crippen molar-refractivity contribution in [2.24, 2.45) is 0 Å². The molecular weight excluding hydrogens is 213 g/mol. The minimum Gasteiger partial charge on any atom is -0.362 e. The third-order valence-electron chi connectivity index (χ3n) is 2.59. The highest BCUT2D eigenvalue weighted by molar-refractivity contribution is 6.34. The second kappa shape index (κ2) is 3.86. The van der Waals surface area contributed by atoms with E-state index >= 15 is 0 Å². The molecule has 0 bridgehead atoms. The van der Waals surface area contributed by atoms with E-state index in [-0.39, 0.29) is 5.82 Å². The Hall–Kier alpha value is -1.02. The minimum absolute atomic E-state index is 0.217. The molecule has 1 aliphatic heterocycles. The van der Waals surface area contributed by atoms with Crippen molar-refractivity contribution < 1.29 is 4.39 Å². The van der Waals surface area contributed by atoms with Gasteiger partial charge in [-0.1, -0.05) is 11.6 Å². The van der Waals surface area contributed by atoms with E-state index < -0.39 is 0 Å². The van der Waals surface area contributed by atoms with E-state index in [1.165, 1.54) is 12.1 Å². The van der Waals surface area contributed by atoms with Gasteiger partial charge in [-0.15, -0.1) is 0 Å². The van der Waals surface area contributed by atoms with Crippen LogP contribution in [0.3, 0.4) is 0 Å². The predicted octanol–water partition coefficient (Wildman–Crippen LogP) is 3.46. The van der Waals surface area contributed by atoms with E-state index in [0.29, 0.717) is 6.04 Å². The molecule has 1 aliphatic rings. The fourth-order valence-electron chi connectivity index (χ4n) is 1.74. The van der Waals surface area contributed by atoms with Crippen LogP contribution in [0.1, 0.15) is 19.4 Å². The average molecular weight is 226 g/mol. The van der Waals surface area contributed by atoms with Crippen molar-refractivity contribution in [2.45, 2.75) is 19.9 Å². The maximum Gasteiger partial charge on any atom is 0.123 e. The molecule has 0 amide bonds. The molecule has 1 heterocycles. The van der Waals surface area contributed by atoms with Crippen LogP contribution in [-0.2, 0) is 0 Å². The Morgan fingerprint density at radius 3 is 2.33 bits per heavy atom. The second-order valence-electron chi connectivity index (χ2n) is 3.98. The molecule has 0 fully saturated rings. The van der Waals surface area contributed by atoms with Gasteiger partial charge in [0.1, 0.15) is 5.82 Å². The Morgan fingerprint density at radius 2 is 1.87 bits per heavy atom. The van der Waals surface area contributed by atoms with Gasteiger partial charge in [0.15, 0.2) is 0 Å². The standard InChI is InChI=1S/C12H13ClFN/c1-8(2)15-7-11(13)12(15)9-3-5-10(14)6-4-9/h3-6,8H,7H2,1-2H3. The van der Waals surface area contributed by atoms with Gasteiger partial charge < -0.3 is 4.90 Å². The Balaban J connectivity index is 2.31. The molecule has 0 N–H and O–H groups in total. The first-order chi connectivity index (χ1) is 7.09. The first-order valence-electron chi connectivity index (χ1n) is 5.01. The number of rotatable bonds is 2. The van der Waals surface area contributed by atoms with Crippen LogP contribution in [0.4, 0.5) is 4.39 Å². The lowest BCUT2D eigenvalue weighted by Gasteiger charge is -2.40. The molecule has 0 saturated heterocycles. The SMILES string of the molecule is CC(C)N1CC(Cl)=C1c1ccc(F)cc1. The summed E-state index contributed by atoms with van der Waals surface area (Å²) in [4.78, 5) is 2.20. The molecule has 3 heteroatoms. The van der Waals surface area contributed by atoms with Gasteiger partial charge in [-0.3, -0.25) is 0 Å². The molecule has 0 saturated carbocycles. The first kappa shape index (κ1) is 10.5. The highest BCUT2D eigenvalue weighted by Gasteiger charge is 2.27. The molecule has 1 aromatic rings. The van der Waals surface area contributed by atoms with Gasteiger partial charge in [-0.25, -0.2) is 4.39 Å². The van der Waals surface area contributed by atoms with Crippen molar-refractivity contribution in [3.63, 3.8) is 0 Å². The highest BCUT2D eigenvalue weighted by atomic mass is 35.5. The summed E-state index contributed by atoms with van der Waals surface area (Å²) in [6.07, 6.45) is 0. The number of halogens is 2. The van der Waals surface area contributed by atoms with Crippen LogP contribution in [0, 0.1) is 5.82 Å².